The van der Waals surface area contributed by atoms with Gasteiger partial charge in [0.25, 0.3) is 11.7 Å². The van der Waals surface area contributed by atoms with Crippen LogP contribution in [0, 0.1) is 0 Å². The van der Waals surface area contributed by atoms with Crippen molar-refractivity contribution in [3.8, 4) is 0 Å². The summed E-state index contributed by atoms with van der Waals surface area (Å²) in [7, 11) is 0. The Morgan fingerprint density at radius 3 is 3.18 bits per heavy atom. The standard InChI is InChI=1S/C9H11BrN6O/c1-5(2-11)13-8(17)7-14-9-12-3-6(10)4-16(9)15-7/h3-5H,2,11H2,1H3,(H,13,17)/t5-/m0/s1. The van der Waals surface area contributed by atoms with Crippen LogP contribution < -0.4 is 11.1 Å². The number of carbonyl (C=O) groups is 1. The van der Waals surface area contributed by atoms with Crippen LogP contribution in [-0.2, 0) is 0 Å². The molecule has 0 bridgehead atoms. The monoisotopic (exact) mass is 298 g/mol. The van der Waals surface area contributed by atoms with Gasteiger partial charge in [-0.1, -0.05) is 0 Å². The molecule has 0 radical (unpaired) electrons. The molecule has 0 aromatic carbocycles. The summed E-state index contributed by atoms with van der Waals surface area (Å²) in [5.41, 5.74) is 5.41. The molecule has 1 amide bonds. The van der Waals surface area contributed by atoms with Crippen molar-refractivity contribution in [1.29, 1.82) is 0 Å². The molecule has 2 aromatic rings. The fourth-order valence-corrected chi connectivity index (χ4v) is 1.50. The zero-order valence-corrected chi connectivity index (χ0v) is 10.7. The van der Waals surface area contributed by atoms with E-state index in [2.05, 4.69) is 36.3 Å². The van der Waals surface area contributed by atoms with Gasteiger partial charge in [0.05, 0.1) is 4.47 Å². The first-order chi connectivity index (χ1) is 8.10. The zero-order chi connectivity index (χ0) is 12.4. The number of amides is 1. The Morgan fingerprint density at radius 1 is 1.71 bits per heavy atom. The predicted octanol–water partition coefficient (Wildman–Crippen LogP) is -0.0362. The topological polar surface area (TPSA) is 98.2 Å². The number of hydrogen-bond acceptors (Lipinski definition) is 5. The maximum atomic E-state index is 11.7. The van der Waals surface area contributed by atoms with Gasteiger partial charge in [0.15, 0.2) is 0 Å². The molecule has 0 aliphatic carbocycles. The van der Waals surface area contributed by atoms with Gasteiger partial charge in [0, 0.05) is 25.0 Å². The molecule has 0 unspecified atom stereocenters. The Labute approximate surface area is 106 Å². The first-order valence-corrected chi connectivity index (χ1v) is 5.78. The number of nitrogens with two attached hydrogens (primary N) is 1. The number of nitrogens with one attached hydrogen (secondary N) is 1. The molecule has 0 fully saturated rings. The van der Waals surface area contributed by atoms with E-state index < -0.39 is 0 Å². The SMILES string of the molecule is C[C@@H](CN)NC(=O)c1nc2ncc(Br)cn2n1. The van der Waals surface area contributed by atoms with Crippen molar-refractivity contribution in [3.63, 3.8) is 0 Å². The quantitative estimate of drug-likeness (QED) is 0.829. The highest BCUT2D eigenvalue weighted by Gasteiger charge is 2.15. The number of aromatic nitrogens is 4. The smallest absolute Gasteiger partial charge is 0.291 e. The van der Waals surface area contributed by atoms with E-state index >= 15 is 0 Å². The van der Waals surface area contributed by atoms with Crippen LogP contribution in [0.4, 0.5) is 0 Å². The van der Waals surface area contributed by atoms with Gasteiger partial charge in [0.1, 0.15) is 0 Å². The normalized spacial score (nSPS) is 12.6. The molecular weight excluding hydrogens is 288 g/mol. The lowest BCUT2D eigenvalue weighted by Gasteiger charge is -2.08. The molecule has 7 nitrogen and oxygen atoms in total. The van der Waals surface area contributed by atoms with Crippen LogP contribution in [0.15, 0.2) is 16.9 Å². The largest absolute Gasteiger partial charge is 0.346 e. The Morgan fingerprint density at radius 2 is 2.47 bits per heavy atom. The number of hydrogen-bond donors (Lipinski definition) is 2. The molecule has 90 valence electrons. The number of carbonyl (C=O) groups excluding carboxylic acids is 1. The summed E-state index contributed by atoms with van der Waals surface area (Å²) in [6.45, 7) is 2.17. The maximum Gasteiger partial charge on any atom is 0.291 e. The Bertz CT molecular complexity index is 553. The Kier molecular flexibility index (Phi) is 3.34. The van der Waals surface area contributed by atoms with Crippen LogP contribution in [0.3, 0.4) is 0 Å². The minimum Gasteiger partial charge on any atom is -0.346 e. The van der Waals surface area contributed by atoms with Gasteiger partial charge < -0.3 is 11.1 Å². The summed E-state index contributed by atoms with van der Waals surface area (Å²) in [6, 6.07) is -0.117. The molecule has 2 rings (SSSR count). The van der Waals surface area contributed by atoms with E-state index in [0.717, 1.165) is 4.47 Å². The van der Waals surface area contributed by atoms with Crippen molar-refractivity contribution < 1.29 is 4.79 Å². The minimum atomic E-state index is -0.357. The van der Waals surface area contributed by atoms with Gasteiger partial charge in [-0.3, -0.25) is 4.79 Å². The molecular formula is C9H11BrN6O. The number of rotatable bonds is 3. The lowest BCUT2D eigenvalue weighted by Crippen LogP contribution is -2.38. The minimum absolute atomic E-state index is 0.0795. The van der Waals surface area contributed by atoms with Crippen molar-refractivity contribution in [1.82, 2.24) is 24.9 Å². The highest BCUT2D eigenvalue weighted by molar-refractivity contribution is 9.10. The van der Waals surface area contributed by atoms with Gasteiger partial charge in [0.2, 0.25) is 5.82 Å². The highest BCUT2D eigenvalue weighted by Crippen LogP contribution is 2.07. The van der Waals surface area contributed by atoms with Gasteiger partial charge in [-0.15, -0.1) is 5.10 Å². The molecule has 0 aliphatic heterocycles. The van der Waals surface area contributed by atoms with Gasteiger partial charge in [-0.05, 0) is 22.9 Å². The third kappa shape index (κ3) is 2.59. The number of fused-ring (bicyclic) bond motifs is 1. The van der Waals surface area contributed by atoms with E-state index in [4.69, 9.17) is 5.73 Å². The van der Waals surface area contributed by atoms with Crippen molar-refractivity contribution in [2.24, 2.45) is 5.73 Å². The number of halogens is 1. The highest BCUT2D eigenvalue weighted by atomic mass is 79.9. The molecule has 17 heavy (non-hydrogen) atoms. The summed E-state index contributed by atoms with van der Waals surface area (Å²) >= 11 is 3.26. The summed E-state index contributed by atoms with van der Waals surface area (Å²) in [4.78, 5) is 19.8. The van der Waals surface area contributed by atoms with Crippen molar-refractivity contribution in [2.75, 3.05) is 6.54 Å². The second-order valence-corrected chi connectivity index (χ2v) is 4.48. The Balaban J connectivity index is 2.27. The fraction of sp³-hybridized carbons (Fsp3) is 0.333. The van der Waals surface area contributed by atoms with E-state index in [-0.39, 0.29) is 17.8 Å². The third-order valence-corrected chi connectivity index (χ3v) is 2.51. The fourth-order valence-electron chi connectivity index (χ4n) is 1.20. The summed E-state index contributed by atoms with van der Waals surface area (Å²) in [5.74, 6) is 0.0965. The van der Waals surface area contributed by atoms with Crippen LogP contribution >= 0.6 is 15.9 Å². The first kappa shape index (κ1) is 11.9. The van der Waals surface area contributed by atoms with Gasteiger partial charge in [-0.25, -0.2) is 9.50 Å². The Hall–Kier alpha value is -1.54. The van der Waals surface area contributed by atoms with Crippen molar-refractivity contribution >= 4 is 27.6 Å². The summed E-state index contributed by atoms with van der Waals surface area (Å²) in [6.07, 6.45) is 3.27. The second kappa shape index (κ2) is 4.76. The first-order valence-electron chi connectivity index (χ1n) is 4.99. The van der Waals surface area contributed by atoms with Gasteiger partial charge >= 0.3 is 0 Å². The second-order valence-electron chi connectivity index (χ2n) is 3.56. The summed E-state index contributed by atoms with van der Waals surface area (Å²) in [5, 5.41) is 6.70. The molecule has 2 heterocycles. The molecule has 0 spiro atoms. The van der Waals surface area contributed by atoms with Crippen LogP contribution in [0.2, 0.25) is 0 Å². The molecule has 3 N–H and O–H groups in total. The zero-order valence-electron chi connectivity index (χ0n) is 9.09. The summed E-state index contributed by atoms with van der Waals surface area (Å²) < 4.78 is 2.20. The molecule has 8 heteroatoms. The van der Waals surface area contributed by atoms with Crippen LogP contribution in [-0.4, -0.2) is 38.1 Å². The molecule has 0 aliphatic rings. The van der Waals surface area contributed by atoms with Crippen LogP contribution in [0.5, 0.6) is 0 Å². The average molecular weight is 299 g/mol. The van der Waals surface area contributed by atoms with E-state index in [1.807, 2.05) is 6.92 Å². The lowest BCUT2D eigenvalue weighted by molar-refractivity contribution is 0.0931. The van der Waals surface area contributed by atoms with Crippen LogP contribution in [0.25, 0.3) is 5.78 Å². The van der Waals surface area contributed by atoms with E-state index in [1.165, 1.54) is 4.52 Å². The van der Waals surface area contributed by atoms with E-state index in [1.54, 1.807) is 12.4 Å². The van der Waals surface area contributed by atoms with Gasteiger partial charge in [-0.2, -0.15) is 4.98 Å². The molecule has 2 aromatic heterocycles. The van der Waals surface area contributed by atoms with Crippen LogP contribution in [0.1, 0.15) is 17.5 Å². The van der Waals surface area contributed by atoms with E-state index in [0.29, 0.717) is 12.3 Å². The molecule has 0 saturated carbocycles. The number of nitrogens with zero attached hydrogens (tertiary/aromatic N) is 4. The maximum absolute atomic E-state index is 11.7. The van der Waals surface area contributed by atoms with Crippen molar-refractivity contribution in [3.05, 3.63) is 22.7 Å². The third-order valence-electron chi connectivity index (χ3n) is 2.10. The molecule has 0 saturated heterocycles. The van der Waals surface area contributed by atoms with Crippen molar-refractivity contribution in [2.45, 2.75) is 13.0 Å². The predicted molar refractivity (Wildman–Crippen MR) is 64.5 cm³/mol. The molecule has 1 atom stereocenters. The average Bonchev–Trinajstić information content (AvgIpc) is 2.71. The van der Waals surface area contributed by atoms with E-state index in [9.17, 15) is 4.79 Å². The lowest BCUT2D eigenvalue weighted by atomic mass is 10.3.